The maximum Gasteiger partial charge on any atom is 0.339 e. The summed E-state index contributed by atoms with van der Waals surface area (Å²) in [7, 11) is 0. The summed E-state index contributed by atoms with van der Waals surface area (Å²) in [6.07, 6.45) is 0. The van der Waals surface area contributed by atoms with E-state index in [0.29, 0.717) is 17.9 Å². The molecule has 0 aliphatic rings. The molecular formula is C31H24O3. The summed E-state index contributed by atoms with van der Waals surface area (Å²) in [5, 5.41) is 1.91. The Kier molecular flexibility index (Phi) is 6.35. The number of esters is 1. The van der Waals surface area contributed by atoms with Crippen LogP contribution in [0.1, 0.15) is 21.5 Å². The second-order valence-corrected chi connectivity index (χ2v) is 8.04. The van der Waals surface area contributed by atoms with Crippen molar-refractivity contribution in [1.29, 1.82) is 0 Å². The van der Waals surface area contributed by atoms with Gasteiger partial charge < -0.3 is 9.47 Å². The first-order valence-corrected chi connectivity index (χ1v) is 11.3. The second-order valence-electron chi connectivity index (χ2n) is 8.04. The highest BCUT2D eigenvalue weighted by molar-refractivity contribution is 6.10. The maximum atomic E-state index is 13.4. The van der Waals surface area contributed by atoms with Gasteiger partial charge in [0.1, 0.15) is 19.0 Å². The fourth-order valence-electron chi connectivity index (χ4n) is 4.07. The first-order valence-electron chi connectivity index (χ1n) is 11.3. The van der Waals surface area contributed by atoms with Gasteiger partial charge in [-0.05, 0) is 28.1 Å². The third kappa shape index (κ3) is 4.69. The predicted octanol–water partition coefficient (Wildman–Crippen LogP) is 7.44. The minimum atomic E-state index is -0.377. The molecule has 3 heteroatoms. The van der Waals surface area contributed by atoms with Gasteiger partial charge in [-0.3, -0.25) is 0 Å². The average Bonchev–Trinajstić information content (AvgIpc) is 2.91. The van der Waals surface area contributed by atoms with E-state index >= 15 is 0 Å². The number of carbonyl (C=O) groups excluding carboxylic acids is 1. The number of hydrogen-bond donors (Lipinski definition) is 0. The summed E-state index contributed by atoms with van der Waals surface area (Å²) in [6.45, 7) is 0.620. The molecule has 0 heterocycles. The number of rotatable bonds is 7. The molecule has 3 nitrogen and oxygen atoms in total. The van der Waals surface area contributed by atoms with Gasteiger partial charge in [-0.25, -0.2) is 4.79 Å². The van der Waals surface area contributed by atoms with Crippen LogP contribution in [0.15, 0.2) is 121 Å². The van der Waals surface area contributed by atoms with Crippen LogP contribution in [0.2, 0.25) is 0 Å². The van der Waals surface area contributed by atoms with Crippen molar-refractivity contribution in [2.45, 2.75) is 13.2 Å². The standard InChI is InChI=1S/C31H24O3/c32-31(34-22-24-14-6-2-7-15-24)28-20-29(33-21-23-12-4-1-5-13-23)26-18-10-11-19-27(26)30(28)25-16-8-3-9-17-25/h1-20H,21-22H2. The number of ether oxygens (including phenoxy) is 2. The van der Waals surface area contributed by atoms with E-state index < -0.39 is 0 Å². The van der Waals surface area contributed by atoms with Gasteiger partial charge in [0.15, 0.2) is 0 Å². The molecule has 0 atom stereocenters. The first-order chi connectivity index (χ1) is 16.8. The van der Waals surface area contributed by atoms with Crippen molar-refractivity contribution in [3.63, 3.8) is 0 Å². The molecule has 0 N–H and O–H groups in total. The highest BCUT2D eigenvalue weighted by Gasteiger charge is 2.21. The van der Waals surface area contributed by atoms with Crippen LogP contribution in [-0.4, -0.2) is 5.97 Å². The molecular weight excluding hydrogens is 420 g/mol. The number of hydrogen-bond acceptors (Lipinski definition) is 3. The number of fused-ring (bicyclic) bond motifs is 1. The second kappa shape index (κ2) is 10.1. The SMILES string of the molecule is O=C(OCc1ccccc1)c1cc(OCc2ccccc2)c2ccccc2c1-c1ccccc1. The summed E-state index contributed by atoms with van der Waals surface area (Å²) in [5.74, 6) is 0.281. The van der Waals surface area contributed by atoms with Crippen molar-refractivity contribution in [2.75, 3.05) is 0 Å². The van der Waals surface area contributed by atoms with E-state index in [4.69, 9.17) is 9.47 Å². The molecule has 0 fully saturated rings. The predicted molar refractivity (Wildman–Crippen MR) is 136 cm³/mol. The topological polar surface area (TPSA) is 35.5 Å². The van der Waals surface area contributed by atoms with Crippen molar-refractivity contribution in [3.8, 4) is 16.9 Å². The lowest BCUT2D eigenvalue weighted by atomic mass is 9.92. The first kappa shape index (κ1) is 21.5. The van der Waals surface area contributed by atoms with Crippen molar-refractivity contribution in [1.82, 2.24) is 0 Å². The van der Waals surface area contributed by atoms with E-state index in [2.05, 4.69) is 0 Å². The van der Waals surface area contributed by atoms with Crippen LogP contribution in [-0.2, 0) is 18.0 Å². The molecule has 0 saturated carbocycles. The summed E-state index contributed by atoms with van der Waals surface area (Å²) in [6, 6.07) is 39.5. The summed E-state index contributed by atoms with van der Waals surface area (Å²) in [5.41, 5.74) is 4.30. The molecule has 0 spiro atoms. The molecule has 0 amide bonds. The van der Waals surface area contributed by atoms with Crippen LogP contribution in [0.25, 0.3) is 21.9 Å². The van der Waals surface area contributed by atoms with E-state index in [0.717, 1.165) is 33.0 Å². The summed E-state index contributed by atoms with van der Waals surface area (Å²) in [4.78, 5) is 13.4. The molecule has 0 unspecified atom stereocenters. The molecule has 0 saturated heterocycles. The van der Waals surface area contributed by atoms with Gasteiger partial charge in [-0.15, -0.1) is 0 Å². The lowest BCUT2D eigenvalue weighted by molar-refractivity contribution is 0.0473. The lowest BCUT2D eigenvalue weighted by Gasteiger charge is -2.17. The molecule has 0 bridgehead atoms. The smallest absolute Gasteiger partial charge is 0.339 e. The zero-order chi connectivity index (χ0) is 23.2. The summed E-state index contributed by atoms with van der Waals surface area (Å²) >= 11 is 0. The van der Waals surface area contributed by atoms with Gasteiger partial charge >= 0.3 is 5.97 Å². The highest BCUT2D eigenvalue weighted by atomic mass is 16.5. The van der Waals surface area contributed by atoms with Gasteiger partial charge in [-0.1, -0.05) is 115 Å². The Bertz CT molecular complexity index is 1390. The fourth-order valence-corrected chi connectivity index (χ4v) is 4.07. The molecule has 5 aromatic carbocycles. The molecule has 5 rings (SSSR count). The van der Waals surface area contributed by atoms with E-state index in [1.807, 2.05) is 121 Å². The minimum Gasteiger partial charge on any atom is -0.488 e. The van der Waals surface area contributed by atoms with Crippen molar-refractivity contribution in [3.05, 3.63) is 138 Å². The Morgan fingerprint density at radius 1 is 0.588 bits per heavy atom. The van der Waals surface area contributed by atoms with Gasteiger partial charge in [-0.2, -0.15) is 0 Å². The monoisotopic (exact) mass is 444 g/mol. The third-order valence-electron chi connectivity index (χ3n) is 5.74. The van der Waals surface area contributed by atoms with Crippen LogP contribution in [0, 0.1) is 0 Å². The highest BCUT2D eigenvalue weighted by Crippen LogP contribution is 2.38. The Morgan fingerprint density at radius 3 is 1.76 bits per heavy atom. The lowest BCUT2D eigenvalue weighted by Crippen LogP contribution is -2.08. The Morgan fingerprint density at radius 2 is 1.12 bits per heavy atom. The molecule has 166 valence electrons. The number of benzene rings is 5. The molecule has 0 radical (unpaired) electrons. The minimum absolute atomic E-state index is 0.209. The Labute approximate surface area is 199 Å². The zero-order valence-electron chi connectivity index (χ0n) is 18.7. The fraction of sp³-hybridized carbons (Fsp3) is 0.0645. The quantitative estimate of drug-likeness (QED) is 0.245. The number of carbonyl (C=O) groups is 1. The molecule has 5 aromatic rings. The van der Waals surface area contributed by atoms with E-state index in [-0.39, 0.29) is 12.6 Å². The van der Waals surface area contributed by atoms with E-state index in [1.165, 1.54) is 0 Å². The van der Waals surface area contributed by atoms with Crippen LogP contribution in [0.4, 0.5) is 0 Å². The third-order valence-corrected chi connectivity index (χ3v) is 5.74. The zero-order valence-corrected chi connectivity index (χ0v) is 18.7. The molecule has 34 heavy (non-hydrogen) atoms. The van der Waals surface area contributed by atoms with Crippen LogP contribution in [0.5, 0.6) is 5.75 Å². The van der Waals surface area contributed by atoms with Crippen molar-refractivity contribution < 1.29 is 14.3 Å². The van der Waals surface area contributed by atoms with E-state index in [1.54, 1.807) is 0 Å². The van der Waals surface area contributed by atoms with Crippen LogP contribution in [0.3, 0.4) is 0 Å². The Hall–Kier alpha value is -4.37. The van der Waals surface area contributed by atoms with Crippen molar-refractivity contribution >= 4 is 16.7 Å². The maximum absolute atomic E-state index is 13.4. The average molecular weight is 445 g/mol. The van der Waals surface area contributed by atoms with Crippen molar-refractivity contribution in [2.24, 2.45) is 0 Å². The van der Waals surface area contributed by atoms with Gasteiger partial charge in [0.05, 0.1) is 5.56 Å². The van der Waals surface area contributed by atoms with Crippen LogP contribution >= 0.6 is 0 Å². The normalized spacial score (nSPS) is 10.7. The molecule has 0 aromatic heterocycles. The van der Waals surface area contributed by atoms with Gasteiger partial charge in [0.25, 0.3) is 0 Å². The van der Waals surface area contributed by atoms with E-state index in [9.17, 15) is 4.79 Å². The summed E-state index contributed by atoms with van der Waals surface area (Å²) < 4.78 is 12.0. The molecule has 0 aliphatic heterocycles. The largest absolute Gasteiger partial charge is 0.488 e. The van der Waals surface area contributed by atoms with Crippen LogP contribution < -0.4 is 4.74 Å². The Balaban J connectivity index is 1.58. The molecule has 0 aliphatic carbocycles. The van der Waals surface area contributed by atoms with Gasteiger partial charge in [0, 0.05) is 10.9 Å². The van der Waals surface area contributed by atoms with Gasteiger partial charge in [0.2, 0.25) is 0 Å².